The Kier molecular flexibility index (Phi) is 6.73. The molecule has 1 saturated heterocycles. The summed E-state index contributed by atoms with van der Waals surface area (Å²) in [6.45, 7) is 5.37. The number of halogens is 1. The van der Waals surface area contributed by atoms with Gasteiger partial charge in [-0.25, -0.2) is 14.4 Å². The molecule has 158 valence electrons. The van der Waals surface area contributed by atoms with E-state index < -0.39 is 5.82 Å². The van der Waals surface area contributed by atoms with E-state index >= 15 is 0 Å². The summed E-state index contributed by atoms with van der Waals surface area (Å²) >= 11 is 0. The molecule has 1 aromatic heterocycles. The average molecular weight is 412 g/mol. The van der Waals surface area contributed by atoms with E-state index in [0.29, 0.717) is 30.6 Å². The number of anilines is 1. The van der Waals surface area contributed by atoms with Gasteiger partial charge < -0.3 is 25.5 Å². The van der Waals surface area contributed by atoms with Crippen molar-refractivity contribution in [1.29, 1.82) is 5.41 Å². The number of nitrogens with one attached hydrogen (secondary N) is 1. The number of hydrogen-bond acceptors (Lipinski definition) is 7. The minimum Gasteiger partial charge on any atom is -0.497 e. The Balaban J connectivity index is 1.85. The van der Waals surface area contributed by atoms with Crippen LogP contribution in [0, 0.1) is 11.2 Å². The lowest BCUT2D eigenvalue weighted by atomic mass is 10.1. The summed E-state index contributed by atoms with van der Waals surface area (Å²) in [5.74, 6) is 0.889. The lowest BCUT2D eigenvalue weighted by Gasteiger charge is -2.35. The molecule has 3 rings (SSSR count). The molecular weight excluding hydrogens is 387 g/mol. The third kappa shape index (κ3) is 5.18. The molecule has 30 heavy (non-hydrogen) atoms. The molecule has 0 bridgehead atoms. The van der Waals surface area contributed by atoms with Gasteiger partial charge in [0.15, 0.2) is 5.82 Å². The molecule has 0 aliphatic carbocycles. The van der Waals surface area contributed by atoms with Gasteiger partial charge in [-0.1, -0.05) is 0 Å². The van der Waals surface area contributed by atoms with E-state index in [1.165, 1.54) is 25.3 Å². The van der Waals surface area contributed by atoms with Gasteiger partial charge >= 0.3 is 0 Å². The maximum atomic E-state index is 14.3. The zero-order valence-electron chi connectivity index (χ0n) is 17.2. The van der Waals surface area contributed by atoms with E-state index in [0.717, 1.165) is 6.21 Å². The average Bonchev–Trinajstić information content (AvgIpc) is 2.71. The summed E-state index contributed by atoms with van der Waals surface area (Å²) in [7, 11) is 1.46. The van der Waals surface area contributed by atoms with Crippen LogP contribution in [-0.2, 0) is 4.74 Å². The summed E-state index contributed by atoms with van der Waals surface area (Å²) in [5, 5.41) is 7.63. The monoisotopic (exact) mass is 412 g/mol. The molecule has 1 aliphatic rings. The van der Waals surface area contributed by atoms with E-state index in [4.69, 9.17) is 20.6 Å². The zero-order valence-corrected chi connectivity index (χ0v) is 17.2. The molecule has 0 unspecified atom stereocenters. The minimum atomic E-state index is -0.517. The maximum Gasteiger partial charge on any atom is 0.227 e. The quantitative estimate of drug-likeness (QED) is 0.558. The lowest BCUT2D eigenvalue weighted by molar-refractivity contribution is -0.00571. The van der Waals surface area contributed by atoms with Crippen LogP contribution in [0.2, 0.25) is 0 Å². The summed E-state index contributed by atoms with van der Waals surface area (Å²) in [6, 6.07) is 6.03. The van der Waals surface area contributed by atoms with Crippen molar-refractivity contribution in [1.82, 2.24) is 9.97 Å². The molecule has 0 spiro atoms. The number of aliphatic imine (C=N–C) groups is 1. The summed E-state index contributed by atoms with van der Waals surface area (Å²) in [5.41, 5.74) is 6.53. The second-order valence-corrected chi connectivity index (χ2v) is 7.00. The SMILES string of the molecule is COc1ccc(/C(C=N)=C/C(N)=Nc2ccnc(N3C[C@@H](C)O[C@@H](C)C3)n2)c(F)c1. The number of hydrogen-bond donors (Lipinski definition) is 2. The first-order valence-electron chi connectivity index (χ1n) is 9.53. The first-order valence-corrected chi connectivity index (χ1v) is 9.53. The fourth-order valence-electron chi connectivity index (χ4n) is 3.27. The van der Waals surface area contributed by atoms with E-state index in [1.54, 1.807) is 18.3 Å². The molecule has 1 fully saturated rings. The van der Waals surface area contributed by atoms with Gasteiger partial charge in [0.25, 0.3) is 0 Å². The molecule has 9 heteroatoms. The molecular formula is C21H25FN6O2. The van der Waals surface area contributed by atoms with Crippen LogP contribution < -0.4 is 15.4 Å². The van der Waals surface area contributed by atoms with Crippen molar-refractivity contribution in [3.05, 3.63) is 47.9 Å². The number of ether oxygens (including phenoxy) is 2. The molecule has 2 atom stereocenters. The standard InChI is InChI=1S/C21H25FN6O2/c1-13-11-28(12-14(2)30-13)21-25-7-6-20(27-21)26-19(24)8-15(10-23)17-5-4-16(29-3)9-18(17)22/h4-10,13-14,23H,11-12H2,1-3H3,(H2,24,25,26,27)/b15-8+,23-10?/t13-,14+. The van der Waals surface area contributed by atoms with Gasteiger partial charge in [0, 0.05) is 48.8 Å². The zero-order chi connectivity index (χ0) is 21.7. The Morgan fingerprint density at radius 2 is 2.07 bits per heavy atom. The van der Waals surface area contributed by atoms with Gasteiger partial charge in [-0.3, -0.25) is 0 Å². The Morgan fingerprint density at radius 3 is 2.70 bits per heavy atom. The highest BCUT2D eigenvalue weighted by Gasteiger charge is 2.24. The van der Waals surface area contributed by atoms with Crippen molar-refractivity contribution in [3.8, 4) is 5.75 Å². The summed E-state index contributed by atoms with van der Waals surface area (Å²) in [4.78, 5) is 15.1. The molecule has 1 aromatic carbocycles. The normalized spacial score (nSPS) is 20.2. The van der Waals surface area contributed by atoms with E-state index in [9.17, 15) is 4.39 Å². The third-order valence-corrected chi connectivity index (χ3v) is 4.52. The van der Waals surface area contributed by atoms with Gasteiger partial charge in [-0.05, 0) is 32.1 Å². The van der Waals surface area contributed by atoms with Crippen molar-refractivity contribution in [2.24, 2.45) is 10.7 Å². The molecule has 3 N–H and O–H groups in total. The van der Waals surface area contributed by atoms with Gasteiger partial charge in [0.1, 0.15) is 17.4 Å². The van der Waals surface area contributed by atoms with Crippen LogP contribution in [-0.4, -0.2) is 54.4 Å². The predicted molar refractivity (Wildman–Crippen MR) is 115 cm³/mol. The number of nitrogens with zero attached hydrogens (tertiary/aromatic N) is 4. The number of methoxy groups -OCH3 is 1. The van der Waals surface area contributed by atoms with E-state index in [2.05, 4.69) is 15.0 Å². The second-order valence-electron chi connectivity index (χ2n) is 7.00. The highest BCUT2D eigenvalue weighted by Crippen LogP contribution is 2.22. The first-order chi connectivity index (χ1) is 14.4. The summed E-state index contributed by atoms with van der Waals surface area (Å²) in [6.07, 6.45) is 4.22. The highest BCUT2D eigenvalue weighted by atomic mass is 19.1. The number of amidine groups is 1. The number of rotatable bonds is 6. The first kappa shape index (κ1) is 21.4. The van der Waals surface area contributed by atoms with Crippen LogP contribution in [0.1, 0.15) is 19.4 Å². The predicted octanol–water partition coefficient (Wildman–Crippen LogP) is 2.96. The number of allylic oxidation sites excluding steroid dienone is 1. The summed E-state index contributed by atoms with van der Waals surface area (Å²) < 4.78 is 25.1. The fourth-order valence-corrected chi connectivity index (χ4v) is 3.27. The van der Waals surface area contributed by atoms with Gasteiger partial charge in [0.2, 0.25) is 5.95 Å². The van der Waals surface area contributed by atoms with Crippen molar-refractivity contribution in [2.75, 3.05) is 25.1 Å². The molecule has 0 amide bonds. The van der Waals surface area contributed by atoms with Crippen LogP contribution in [0.25, 0.3) is 5.57 Å². The van der Waals surface area contributed by atoms with E-state index in [1.807, 2.05) is 18.7 Å². The van der Waals surface area contributed by atoms with Gasteiger partial charge in [-0.2, -0.15) is 4.98 Å². The molecule has 2 aromatic rings. The Labute approximate surface area is 174 Å². The van der Waals surface area contributed by atoms with Crippen molar-refractivity contribution >= 4 is 29.4 Å². The largest absolute Gasteiger partial charge is 0.497 e. The van der Waals surface area contributed by atoms with E-state index in [-0.39, 0.29) is 29.2 Å². The van der Waals surface area contributed by atoms with Crippen molar-refractivity contribution in [3.63, 3.8) is 0 Å². The Hall–Kier alpha value is -3.33. The smallest absolute Gasteiger partial charge is 0.227 e. The number of benzene rings is 1. The molecule has 8 nitrogen and oxygen atoms in total. The van der Waals surface area contributed by atoms with Crippen LogP contribution >= 0.6 is 0 Å². The fraction of sp³-hybridized carbons (Fsp3) is 0.333. The number of aromatic nitrogens is 2. The maximum absolute atomic E-state index is 14.3. The van der Waals surface area contributed by atoms with Gasteiger partial charge in [0.05, 0.1) is 19.3 Å². The van der Waals surface area contributed by atoms with Crippen LogP contribution in [0.3, 0.4) is 0 Å². The molecule has 0 saturated carbocycles. The second kappa shape index (κ2) is 9.45. The molecule has 0 radical (unpaired) electrons. The van der Waals surface area contributed by atoms with Crippen molar-refractivity contribution in [2.45, 2.75) is 26.1 Å². The molecule has 1 aliphatic heterocycles. The van der Waals surface area contributed by atoms with Crippen LogP contribution in [0.5, 0.6) is 5.75 Å². The highest BCUT2D eigenvalue weighted by molar-refractivity contribution is 6.16. The van der Waals surface area contributed by atoms with Gasteiger partial charge in [-0.15, -0.1) is 0 Å². The third-order valence-electron chi connectivity index (χ3n) is 4.52. The lowest BCUT2D eigenvalue weighted by Crippen LogP contribution is -2.46. The van der Waals surface area contributed by atoms with Crippen molar-refractivity contribution < 1.29 is 13.9 Å². The minimum absolute atomic E-state index is 0.0760. The topological polar surface area (TPSA) is 110 Å². The number of morpholine rings is 1. The number of nitrogens with two attached hydrogens (primary N) is 1. The van der Waals surface area contributed by atoms with Crippen LogP contribution in [0.4, 0.5) is 16.2 Å². The molecule has 2 heterocycles. The Morgan fingerprint density at radius 1 is 1.33 bits per heavy atom. The Bertz CT molecular complexity index is 968. The van der Waals surface area contributed by atoms with Crippen LogP contribution in [0.15, 0.2) is 41.5 Å².